The van der Waals surface area contributed by atoms with E-state index in [2.05, 4.69) is 12.2 Å². The van der Waals surface area contributed by atoms with Gasteiger partial charge in [-0.1, -0.05) is 13.8 Å². The van der Waals surface area contributed by atoms with E-state index in [1.165, 1.54) is 6.42 Å². The number of likely N-dealkylation sites (tertiary alicyclic amines) is 1. The predicted molar refractivity (Wildman–Crippen MR) is 98.7 cm³/mol. The van der Waals surface area contributed by atoms with Crippen molar-refractivity contribution in [1.29, 1.82) is 0 Å². The first kappa shape index (κ1) is 19.2. The van der Waals surface area contributed by atoms with Crippen LogP contribution in [-0.2, 0) is 9.59 Å². The summed E-state index contributed by atoms with van der Waals surface area (Å²) in [6, 6.07) is 7.20. The van der Waals surface area contributed by atoms with Gasteiger partial charge in [0, 0.05) is 18.8 Å². The molecule has 0 radical (unpaired) electrons. The maximum Gasteiger partial charge on any atom is 0.238 e. The van der Waals surface area contributed by atoms with Crippen LogP contribution in [-0.4, -0.2) is 61.4 Å². The van der Waals surface area contributed by atoms with Crippen molar-refractivity contribution in [2.45, 2.75) is 26.7 Å². The molecule has 1 saturated heterocycles. The molecule has 1 aromatic rings. The van der Waals surface area contributed by atoms with Gasteiger partial charge in [0.25, 0.3) is 0 Å². The molecule has 6 nitrogen and oxygen atoms in total. The van der Waals surface area contributed by atoms with E-state index in [1.54, 1.807) is 31.4 Å². The Hall–Kier alpha value is -2.08. The molecule has 138 valence electrons. The number of rotatable bonds is 7. The maximum absolute atomic E-state index is 12.5. The lowest BCUT2D eigenvalue weighted by molar-refractivity contribution is -0.134. The van der Waals surface area contributed by atoms with Gasteiger partial charge in [-0.2, -0.15) is 0 Å². The van der Waals surface area contributed by atoms with E-state index in [1.807, 2.05) is 16.7 Å². The van der Waals surface area contributed by atoms with Crippen LogP contribution in [0.3, 0.4) is 0 Å². The Kier molecular flexibility index (Phi) is 7.25. The molecule has 1 aromatic carbocycles. The topological polar surface area (TPSA) is 61.9 Å². The number of nitrogens with zero attached hydrogens (tertiary/aromatic N) is 2. The first-order chi connectivity index (χ1) is 12.0. The van der Waals surface area contributed by atoms with Gasteiger partial charge < -0.3 is 15.0 Å². The lowest BCUT2D eigenvalue weighted by Crippen LogP contribution is -2.46. The van der Waals surface area contributed by atoms with Gasteiger partial charge >= 0.3 is 0 Å². The summed E-state index contributed by atoms with van der Waals surface area (Å²) in [5.41, 5.74) is 0.720. The highest BCUT2D eigenvalue weighted by Crippen LogP contribution is 2.16. The van der Waals surface area contributed by atoms with Crippen LogP contribution in [0, 0.1) is 5.92 Å². The van der Waals surface area contributed by atoms with E-state index in [9.17, 15) is 9.59 Å². The molecule has 0 spiro atoms. The molecule has 1 atom stereocenters. The molecule has 25 heavy (non-hydrogen) atoms. The molecule has 1 aliphatic heterocycles. The number of amides is 2. The molecule has 1 fully saturated rings. The van der Waals surface area contributed by atoms with E-state index in [0.717, 1.165) is 30.9 Å². The molecule has 1 N–H and O–H groups in total. The average Bonchev–Trinajstić information content (AvgIpc) is 2.61. The summed E-state index contributed by atoms with van der Waals surface area (Å²) in [4.78, 5) is 28.5. The highest BCUT2D eigenvalue weighted by Gasteiger charge is 2.23. The van der Waals surface area contributed by atoms with Gasteiger partial charge in [-0.05, 0) is 49.6 Å². The number of likely N-dealkylation sites (N-methyl/N-ethyl adjacent to an activating group) is 1. The molecule has 2 amide bonds. The van der Waals surface area contributed by atoms with Crippen molar-refractivity contribution in [1.82, 2.24) is 9.80 Å². The van der Waals surface area contributed by atoms with Crippen molar-refractivity contribution >= 4 is 17.5 Å². The first-order valence-corrected chi connectivity index (χ1v) is 8.95. The lowest BCUT2D eigenvalue weighted by atomic mass is 10.0. The SMILES string of the molecule is CCN(CC(=O)Nc1ccc(OC)cc1)CC(=O)N1CCC[C@H](C)C1. The smallest absolute Gasteiger partial charge is 0.238 e. The molecule has 0 aliphatic carbocycles. The monoisotopic (exact) mass is 347 g/mol. The Balaban J connectivity index is 1.83. The molecule has 0 aromatic heterocycles. The minimum Gasteiger partial charge on any atom is -0.497 e. The fourth-order valence-electron chi connectivity index (χ4n) is 3.06. The second-order valence-electron chi connectivity index (χ2n) is 6.67. The first-order valence-electron chi connectivity index (χ1n) is 8.95. The van der Waals surface area contributed by atoms with Crippen LogP contribution in [0.5, 0.6) is 5.75 Å². The molecule has 1 aliphatic rings. The van der Waals surface area contributed by atoms with Crippen molar-refractivity contribution in [3.05, 3.63) is 24.3 Å². The molecule has 0 bridgehead atoms. The Bertz CT molecular complexity index is 574. The third-order valence-electron chi connectivity index (χ3n) is 4.56. The van der Waals surface area contributed by atoms with Gasteiger partial charge in [0.15, 0.2) is 0 Å². The Morgan fingerprint density at radius 1 is 1.28 bits per heavy atom. The zero-order chi connectivity index (χ0) is 18.2. The molecule has 6 heteroatoms. The maximum atomic E-state index is 12.5. The van der Waals surface area contributed by atoms with Gasteiger partial charge in [0.05, 0.1) is 20.2 Å². The van der Waals surface area contributed by atoms with E-state index in [0.29, 0.717) is 19.0 Å². The van der Waals surface area contributed by atoms with Crippen LogP contribution in [0.1, 0.15) is 26.7 Å². The summed E-state index contributed by atoms with van der Waals surface area (Å²) >= 11 is 0. The number of piperidine rings is 1. The Morgan fingerprint density at radius 2 is 2.00 bits per heavy atom. The van der Waals surface area contributed by atoms with Gasteiger partial charge in [0.2, 0.25) is 11.8 Å². The van der Waals surface area contributed by atoms with Crippen molar-refractivity contribution in [2.75, 3.05) is 45.2 Å². The van der Waals surface area contributed by atoms with E-state index < -0.39 is 0 Å². The zero-order valence-electron chi connectivity index (χ0n) is 15.5. The number of ether oxygens (including phenoxy) is 1. The number of carbonyl (C=O) groups is 2. The number of nitrogens with one attached hydrogen (secondary N) is 1. The van der Waals surface area contributed by atoms with Crippen LogP contribution in [0.15, 0.2) is 24.3 Å². The number of carbonyl (C=O) groups excluding carboxylic acids is 2. The number of hydrogen-bond acceptors (Lipinski definition) is 4. The largest absolute Gasteiger partial charge is 0.497 e. The van der Waals surface area contributed by atoms with E-state index in [-0.39, 0.29) is 18.4 Å². The lowest BCUT2D eigenvalue weighted by Gasteiger charge is -2.32. The minimum absolute atomic E-state index is 0.116. The van der Waals surface area contributed by atoms with Crippen molar-refractivity contribution in [3.8, 4) is 5.75 Å². The third-order valence-corrected chi connectivity index (χ3v) is 4.56. The summed E-state index contributed by atoms with van der Waals surface area (Å²) in [7, 11) is 1.60. The van der Waals surface area contributed by atoms with Crippen LogP contribution in [0.2, 0.25) is 0 Å². The van der Waals surface area contributed by atoms with Crippen molar-refractivity contribution < 1.29 is 14.3 Å². The number of anilines is 1. The highest BCUT2D eigenvalue weighted by atomic mass is 16.5. The Labute approximate surface area is 150 Å². The number of methoxy groups -OCH3 is 1. The van der Waals surface area contributed by atoms with Crippen LogP contribution < -0.4 is 10.1 Å². The fraction of sp³-hybridized carbons (Fsp3) is 0.579. The van der Waals surface area contributed by atoms with E-state index >= 15 is 0 Å². The van der Waals surface area contributed by atoms with Gasteiger partial charge in [-0.25, -0.2) is 0 Å². The molecular formula is C19H29N3O3. The average molecular weight is 347 g/mol. The van der Waals surface area contributed by atoms with Gasteiger partial charge in [-0.3, -0.25) is 14.5 Å². The number of benzene rings is 1. The van der Waals surface area contributed by atoms with Gasteiger partial charge in [0.1, 0.15) is 5.75 Å². The van der Waals surface area contributed by atoms with Crippen molar-refractivity contribution in [3.63, 3.8) is 0 Å². The summed E-state index contributed by atoms with van der Waals surface area (Å²) in [6.07, 6.45) is 2.25. The molecule has 2 rings (SSSR count). The quantitative estimate of drug-likeness (QED) is 0.821. The molecule has 0 saturated carbocycles. The molecular weight excluding hydrogens is 318 g/mol. The Morgan fingerprint density at radius 3 is 2.60 bits per heavy atom. The third kappa shape index (κ3) is 6.05. The normalized spacial score (nSPS) is 17.4. The fourth-order valence-corrected chi connectivity index (χ4v) is 3.06. The van der Waals surface area contributed by atoms with Crippen LogP contribution in [0.4, 0.5) is 5.69 Å². The summed E-state index contributed by atoms with van der Waals surface area (Å²) in [5, 5.41) is 2.86. The predicted octanol–water partition coefficient (Wildman–Crippen LogP) is 2.21. The highest BCUT2D eigenvalue weighted by molar-refractivity contribution is 5.92. The summed E-state index contributed by atoms with van der Waals surface area (Å²) < 4.78 is 5.10. The zero-order valence-corrected chi connectivity index (χ0v) is 15.5. The van der Waals surface area contributed by atoms with Gasteiger partial charge in [-0.15, -0.1) is 0 Å². The van der Waals surface area contributed by atoms with Crippen LogP contribution >= 0.6 is 0 Å². The van der Waals surface area contributed by atoms with Crippen molar-refractivity contribution in [2.24, 2.45) is 5.92 Å². The standard InChI is InChI=1S/C19H29N3O3/c1-4-21(14-19(24)22-11-5-6-15(2)12-22)13-18(23)20-16-7-9-17(25-3)10-8-16/h7-10,15H,4-6,11-14H2,1-3H3,(H,20,23)/t15-/m0/s1. The van der Waals surface area contributed by atoms with E-state index in [4.69, 9.17) is 4.74 Å². The molecule has 1 heterocycles. The second kappa shape index (κ2) is 9.42. The summed E-state index contributed by atoms with van der Waals surface area (Å²) in [5.74, 6) is 1.30. The molecule has 0 unspecified atom stereocenters. The minimum atomic E-state index is -0.119. The second-order valence-corrected chi connectivity index (χ2v) is 6.67. The number of hydrogen-bond donors (Lipinski definition) is 1. The van der Waals surface area contributed by atoms with Crippen LogP contribution in [0.25, 0.3) is 0 Å². The summed E-state index contributed by atoms with van der Waals surface area (Å²) in [6.45, 7) is 6.96.